The van der Waals surface area contributed by atoms with E-state index in [-0.39, 0.29) is 24.2 Å². The summed E-state index contributed by atoms with van der Waals surface area (Å²) in [7, 11) is 0. The van der Waals surface area contributed by atoms with Crippen molar-refractivity contribution in [1.29, 1.82) is 5.26 Å². The summed E-state index contributed by atoms with van der Waals surface area (Å²) in [5.74, 6) is -0.632. The quantitative estimate of drug-likeness (QED) is 0.0955. The summed E-state index contributed by atoms with van der Waals surface area (Å²) in [6.45, 7) is 0.234. The summed E-state index contributed by atoms with van der Waals surface area (Å²) in [6.07, 6.45) is 3.69. The van der Waals surface area contributed by atoms with Crippen LogP contribution in [0, 0.1) is 11.5 Å². The highest BCUT2D eigenvalue weighted by atomic mass is 19.4. The van der Waals surface area contributed by atoms with Crippen LogP contribution in [0.3, 0.4) is 0 Å². The maximum atomic E-state index is 12.6. The first kappa shape index (κ1) is 29.8. The van der Waals surface area contributed by atoms with Gasteiger partial charge in [-0.2, -0.15) is 10.5 Å². The Labute approximate surface area is 250 Å². The number of alkyl halides is 3. The summed E-state index contributed by atoms with van der Waals surface area (Å²) in [5.41, 5.74) is 4.54. The average Bonchev–Trinajstić information content (AvgIpc) is 3.54. The molecule has 0 saturated carbocycles. The number of anilines is 2. The number of allylic oxidation sites excluding steroid dienone is 2. The van der Waals surface area contributed by atoms with Gasteiger partial charge in [0, 0.05) is 11.3 Å². The second-order valence-corrected chi connectivity index (χ2v) is 9.71. The number of ether oxygens (including phenoxy) is 1. The smallest absolute Gasteiger partial charge is 0.406 e. The minimum absolute atomic E-state index is 0.0409. The molecule has 11 nitrogen and oxygen atoms in total. The summed E-state index contributed by atoms with van der Waals surface area (Å²) >= 11 is 0. The third-order valence-corrected chi connectivity index (χ3v) is 6.70. The van der Waals surface area contributed by atoms with Gasteiger partial charge in [-0.25, -0.2) is 4.99 Å². The monoisotopic (exact) mass is 601 g/mol. The molecule has 0 spiro atoms. The molecular weight excluding hydrogens is 575 g/mol. The normalized spacial score (nSPS) is 13.4. The zero-order valence-electron chi connectivity index (χ0n) is 23.2. The highest BCUT2D eigenvalue weighted by molar-refractivity contribution is 6.03. The fourth-order valence-corrected chi connectivity index (χ4v) is 4.63. The van der Waals surface area contributed by atoms with E-state index in [1.54, 1.807) is 29.2 Å². The topological polar surface area (TPSA) is 144 Å². The SMILES string of the molecule is N#CNC(=Nc1ccc(OC(F)(F)F)cc1)N(Cc1ccc(C(=O)Nc2nn[nH]n2)cc1)c1ccc(C2=CCCCC2)cc1. The summed E-state index contributed by atoms with van der Waals surface area (Å²) in [5, 5.41) is 27.8. The number of aromatic nitrogens is 4. The lowest BCUT2D eigenvalue weighted by atomic mass is 9.93. The number of nitriles is 1. The molecule has 0 aliphatic heterocycles. The van der Waals surface area contributed by atoms with Crippen molar-refractivity contribution in [2.45, 2.75) is 38.6 Å². The number of aliphatic imine (C=N–C) groups is 1. The van der Waals surface area contributed by atoms with Crippen molar-refractivity contribution in [2.75, 3.05) is 10.2 Å². The molecule has 0 saturated heterocycles. The number of guanidine groups is 1. The Morgan fingerprint density at radius 2 is 1.80 bits per heavy atom. The lowest BCUT2D eigenvalue weighted by Crippen LogP contribution is -2.39. The van der Waals surface area contributed by atoms with Crippen LogP contribution in [0.15, 0.2) is 83.9 Å². The molecule has 4 aromatic rings. The number of H-pyrrole nitrogens is 1. The minimum Gasteiger partial charge on any atom is -0.406 e. The van der Waals surface area contributed by atoms with Crippen LogP contribution in [0.1, 0.15) is 47.2 Å². The highest BCUT2D eigenvalue weighted by Crippen LogP contribution is 2.30. The number of rotatable bonds is 8. The predicted octanol–water partition coefficient (Wildman–Crippen LogP) is 6.07. The number of aromatic amines is 1. The molecule has 224 valence electrons. The summed E-state index contributed by atoms with van der Waals surface area (Å²) in [4.78, 5) is 18.8. The maximum Gasteiger partial charge on any atom is 0.573 e. The molecule has 1 amide bonds. The molecule has 0 bridgehead atoms. The van der Waals surface area contributed by atoms with Gasteiger partial charge < -0.3 is 9.64 Å². The van der Waals surface area contributed by atoms with E-state index in [1.807, 2.05) is 30.5 Å². The number of nitrogens with zero attached hydrogens (tertiary/aromatic N) is 6. The minimum atomic E-state index is -4.82. The molecule has 0 radical (unpaired) electrons. The van der Waals surface area contributed by atoms with Crippen molar-refractivity contribution in [2.24, 2.45) is 4.99 Å². The Balaban J connectivity index is 1.44. The van der Waals surface area contributed by atoms with Crippen molar-refractivity contribution in [1.82, 2.24) is 25.9 Å². The van der Waals surface area contributed by atoms with Gasteiger partial charge in [-0.05, 0) is 96.1 Å². The molecule has 1 heterocycles. The van der Waals surface area contributed by atoms with Gasteiger partial charge in [0.15, 0.2) is 6.19 Å². The first-order valence-corrected chi connectivity index (χ1v) is 13.6. The summed E-state index contributed by atoms with van der Waals surface area (Å²) < 4.78 is 41.8. The zero-order chi connectivity index (χ0) is 30.9. The second kappa shape index (κ2) is 13.5. The van der Waals surface area contributed by atoms with E-state index >= 15 is 0 Å². The van der Waals surface area contributed by atoms with E-state index < -0.39 is 12.3 Å². The number of benzene rings is 3. The Kier molecular flexibility index (Phi) is 9.14. The lowest BCUT2D eigenvalue weighted by molar-refractivity contribution is -0.274. The molecule has 1 aliphatic carbocycles. The van der Waals surface area contributed by atoms with Crippen LogP contribution in [0.5, 0.6) is 5.75 Å². The van der Waals surface area contributed by atoms with Crippen LogP contribution in [0.25, 0.3) is 5.57 Å². The van der Waals surface area contributed by atoms with Gasteiger partial charge in [0.2, 0.25) is 5.96 Å². The van der Waals surface area contributed by atoms with Crippen LogP contribution in [-0.4, -0.2) is 38.9 Å². The van der Waals surface area contributed by atoms with Gasteiger partial charge >= 0.3 is 6.36 Å². The fraction of sp³-hybridized carbons (Fsp3) is 0.200. The van der Waals surface area contributed by atoms with Crippen molar-refractivity contribution >= 4 is 34.8 Å². The van der Waals surface area contributed by atoms with Crippen LogP contribution < -0.4 is 20.3 Å². The van der Waals surface area contributed by atoms with Crippen LogP contribution >= 0.6 is 0 Å². The zero-order valence-corrected chi connectivity index (χ0v) is 23.2. The molecule has 3 aromatic carbocycles. The Bertz CT molecular complexity index is 1660. The molecule has 14 heteroatoms. The van der Waals surface area contributed by atoms with Gasteiger partial charge in [-0.15, -0.1) is 18.3 Å². The van der Waals surface area contributed by atoms with Gasteiger partial charge in [-0.1, -0.05) is 35.4 Å². The Hall–Kier alpha value is -5.71. The molecule has 44 heavy (non-hydrogen) atoms. The summed E-state index contributed by atoms with van der Waals surface area (Å²) in [6, 6.07) is 19.7. The number of halogens is 3. The molecule has 1 aliphatic rings. The number of carbonyl (C=O) groups is 1. The van der Waals surface area contributed by atoms with Gasteiger partial charge in [-0.3, -0.25) is 15.4 Å². The highest BCUT2D eigenvalue weighted by Gasteiger charge is 2.31. The third kappa shape index (κ3) is 7.97. The standard InChI is InChI=1S/C30H26F3N9O2/c31-30(32,33)44-26-16-12-24(13-17-26)36-29(35-19-34)42(25-14-10-22(11-15-25)21-4-2-1-3-5-21)18-20-6-8-23(9-7-20)27(43)37-28-38-40-41-39-28/h4,6-17H,1-3,5,18H2,(H,35,36)(H2,37,38,39,40,41,43). The fourth-order valence-electron chi connectivity index (χ4n) is 4.63. The molecule has 5 rings (SSSR count). The van der Waals surface area contributed by atoms with E-state index in [9.17, 15) is 23.2 Å². The number of carbonyl (C=O) groups excluding carboxylic acids is 1. The largest absolute Gasteiger partial charge is 0.573 e. The van der Waals surface area contributed by atoms with Gasteiger partial charge in [0.25, 0.3) is 11.9 Å². The Morgan fingerprint density at radius 1 is 1.05 bits per heavy atom. The van der Waals surface area contributed by atoms with Crippen molar-refractivity contribution in [3.63, 3.8) is 0 Å². The first-order chi connectivity index (χ1) is 21.3. The van der Waals surface area contributed by atoms with Gasteiger partial charge in [0.1, 0.15) is 5.75 Å². The van der Waals surface area contributed by atoms with Crippen LogP contribution in [0.2, 0.25) is 0 Å². The van der Waals surface area contributed by atoms with Crippen molar-refractivity contribution in [3.8, 4) is 11.9 Å². The Morgan fingerprint density at radius 3 is 2.41 bits per heavy atom. The lowest BCUT2D eigenvalue weighted by Gasteiger charge is -2.26. The third-order valence-electron chi connectivity index (χ3n) is 6.70. The van der Waals surface area contributed by atoms with Crippen LogP contribution in [-0.2, 0) is 6.54 Å². The number of hydrogen-bond acceptors (Lipinski definition) is 7. The van der Waals surface area contributed by atoms with E-state index in [0.29, 0.717) is 16.9 Å². The number of hydrogen-bond donors (Lipinski definition) is 3. The number of amides is 1. The van der Waals surface area contributed by atoms with Crippen molar-refractivity contribution in [3.05, 3.63) is 95.6 Å². The van der Waals surface area contributed by atoms with E-state index in [2.05, 4.69) is 47.1 Å². The predicted molar refractivity (Wildman–Crippen MR) is 157 cm³/mol. The number of nitrogens with one attached hydrogen (secondary N) is 3. The maximum absolute atomic E-state index is 12.6. The molecule has 1 aromatic heterocycles. The van der Waals surface area contributed by atoms with E-state index in [1.165, 1.54) is 24.1 Å². The molecule has 0 unspecified atom stereocenters. The molecular formula is C30H26F3N9O2. The molecule has 0 atom stereocenters. The molecule has 3 N–H and O–H groups in total. The van der Waals surface area contributed by atoms with Crippen molar-refractivity contribution < 1.29 is 22.7 Å². The van der Waals surface area contributed by atoms with Gasteiger partial charge in [0.05, 0.1) is 12.2 Å². The number of tetrazole rings is 1. The average molecular weight is 602 g/mol. The van der Waals surface area contributed by atoms with Crippen LogP contribution in [0.4, 0.5) is 30.5 Å². The van der Waals surface area contributed by atoms with E-state index in [4.69, 9.17) is 0 Å². The van der Waals surface area contributed by atoms with E-state index in [0.717, 1.165) is 42.5 Å². The second-order valence-electron chi connectivity index (χ2n) is 9.71. The molecule has 0 fully saturated rings. The first-order valence-electron chi connectivity index (χ1n) is 13.6.